The number of H-pyrrole nitrogens is 1. The summed E-state index contributed by atoms with van der Waals surface area (Å²) in [5.74, 6) is -2.38. The molecule has 2 rings (SSSR count). The van der Waals surface area contributed by atoms with E-state index in [2.05, 4.69) is 20.9 Å². The minimum atomic E-state index is -2.15. The lowest BCUT2D eigenvalue weighted by atomic mass is 9.91. The highest BCUT2D eigenvalue weighted by Crippen LogP contribution is 2.26. The highest BCUT2D eigenvalue weighted by molar-refractivity contribution is 9.10. The Hall–Kier alpha value is -1.86. The van der Waals surface area contributed by atoms with Gasteiger partial charge in [-0.2, -0.15) is 0 Å². The number of ether oxygens (including phenoxy) is 1. The van der Waals surface area contributed by atoms with Gasteiger partial charge < -0.3 is 20.6 Å². The molecule has 124 valence electrons. The van der Waals surface area contributed by atoms with E-state index in [1.54, 1.807) is 27.0 Å². The lowest BCUT2D eigenvalue weighted by molar-refractivity contribution is -0.169. The predicted octanol–water partition coefficient (Wildman–Crippen LogP) is 2.60. The number of aromatic amines is 1. The molecule has 1 aromatic carbocycles. The normalized spacial score (nSPS) is 14.5. The van der Waals surface area contributed by atoms with Gasteiger partial charge in [0, 0.05) is 28.0 Å². The van der Waals surface area contributed by atoms with Crippen molar-refractivity contribution in [2.45, 2.75) is 38.3 Å². The maximum absolute atomic E-state index is 12.3. The molecule has 1 heterocycles. The Labute approximate surface area is 142 Å². The van der Waals surface area contributed by atoms with Gasteiger partial charge in [0.15, 0.2) is 0 Å². The topological polar surface area (TPSA) is 105 Å². The molecular formula is C16H19BrN2O4. The van der Waals surface area contributed by atoms with Gasteiger partial charge >= 0.3 is 11.9 Å². The van der Waals surface area contributed by atoms with Gasteiger partial charge in [-0.15, -0.1) is 0 Å². The fourth-order valence-electron chi connectivity index (χ4n) is 2.20. The SMILES string of the molecule is CC(C)(C)OC(=O)[C@](N)(Cc1c[nH]c2ccc(Br)cc12)C(=O)O. The highest BCUT2D eigenvalue weighted by atomic mass is 79.9. The molecule has 0 bridgehead atoms. The van der Waals surface area contributed by atoms with Crippen LogP contribution in [0.4, 0.5) is 0 Å². The largest absolute Gasteiger partial charge is 0.479 e. The third-order valence-electron chi connectivity index (χ3n) is 3.34. The van der Waals surface area contributed by atoms with Gasteiger partial charge in [-0.3, -0.25) is 0 Å². The van der Waals surface area contributed by atoms with Gasteiger partial charge in [0.05, 0.1) is 0 Å². The van der Waals surface area contributed by atoms with E-state index in [4.69, 9.17) is 10.5 Å². The smallest absolute Gasteiger partial charge is 0.338 e. The molecule has 0 unspecified atom stereocenters. The van der Waals surface area contributed by atoms with Gasteiger partial charge in [0.25, 0.3) is 0 Å². The fraction of sp³-hybridized carbons (Fsp3) is 0.375. The number of aromatic nitrogens is 1. The third kappa shape index (κ3) is 3.73. The number of hydrogen-bond acceptors (Lipinski definition) is 4. The monoisotopic (exact) mass is 382 g/mol. The number of carbonyl (C=O) groups excluding carboxylic acids is 1. The Morgan fingerprint density at radius 1 is 1.35 bits per heavy atom. The molecule has 1 aromatic heterocycles. The van der Waals surface area contributed by atoms with Crippen LogP contribution in [0.25, 0.3) is 10.9 Å². The molecule has 0 aliphatic heterocycles. The minimum Gasteiger partial charge on any atom is -0.479 e. The second-order valence-electron chi connectivity index (χ2n) is 6.46. The van der Waals surface area contributed by atoms with E-state index in [1.165, 1.54) is 0 Å². The molecule has 1 atom stereocenters. The Kier molecular flexibility index (Phi) is 4.54. The van der Waals surface area contributed by atoms with Crippen LogP contribution in [0, 0.1) is 0 Å². The van der Waals surface area contributed by atoms with Crippen molar-refractivity contribution in [3.05, 3.63) is 34.4 Å². The van der Waals surface area contributed by atoms with Crippen molar-refractivity contribution in [2.75, 3.05) is 0 Å². The van der Waals surface area contributed by atoms with Crippen molar-refractivity contribution < 1.29 is 19.4 Å². The van der Waals surface area contributed by atoms with E-state index >= 15 is 0 Å². The zero-order chi connectivity index (χ0) is 17.4. The summed E-state index contributed by atoms with van der Waals surface area (Å²) in [5.41, 5.74) is 4.41. The molecule has 23 heavy (non-hydrogen) atoms. The third-order valence-corrected chi connectivity index (χ3v) is 3.84. The first-order chi connectivity index (χ1) is 10.5. The molecule has 0 fully saturated rings. The number of esters is 1. The van der Waals surface area contributed by atoms with Crippen LogP contribution in [0.15, 0.2) is 28.9 Å². The number of rotatable bonds is 4. The summed E-state index contributed by atoms with van der Waals surface area (Å²) in [5, 5.41) is 10.3. The Morgan fingerprint density at radius 3 is 2.57 bits per heavy atom. The van der Waals surface area contributed by atoms with Crippen LogP contribution >= 0.6 is 15.9 Å². The van der Waals surface area contributed by atoms with E-state index in [1.807, 2.05) is 18.2 Å². The molecule has 7 heteroatoms. The number of fused-ring (bicyclic) bond motifs is 1. The summed E-state index contributed by atoms with van der Waals surface area (Å²) in [7, 11) is 0. The molecule has 0 amide bonds. The van der Waals surface area contributed by atoms with Crippen LogP contribution in [-0.2, 0) is 20.7 Å². The predicted molar refractivity (Wildman–Crippen MR) is 90.1 cm³/mol. The van der Waals surface area contributed by atoms with Crippen LogP contribution in [0.1, 0.15) is 26.3 Å². The van der Waals surface area contributed by atoms with Crippen molar-refractivity contribution in [3.63, 3.8) is 0 Å². The van der Waals surface area contributed by atoms with Gasteiger partial charge in [-0.1, -0.05) is 15.9 Å². The quantitative estimate of drug-likeness (QED) is 0.556. The van der Waals surface area contributed by atoms with Crippen LogP contribution in [0.2, 0.25) is 0 Å². The number of nitrogens with one attached hydrogen (secondary N) is 1. The number of carbonyl (C=O) groups is 2. The highest BCUT2D eigenvalue weighted by Gasteiger charge is 2.46. The van der Waals surface area contributed by atoms with Crippen molar-refractivity contribution in [1.82, 2.24) is 4.98 Å². The van der Waals surface area contributed by atoms with Crippen molar-refractivity contribution in [1.29, 1.82) is 0 Å². The summed E-state index contributed by atoms with van der Waals surface area (Å²) in [6.07, 6.45) is 1.49. The van der Waals surface area contributed by atoms with Gasteiger partial charge in [-0.05, 0) is 44.5 Å². The molecule has 2 aromatic rings. The second kappa shape index (κ2) is 5.98. The Morgan fingerprint density at radius 2 is 2.00 bits per heavy atom. The Bertz CT molecular complexity index is 763. The van der Waals surface area contributed by atoms with Crippen molar-refractivity contribution in [2.24, 2.45) is 5.73 Å². The van der Waals surface area contributed by atoms with E-state index in [0.717, 1.165) is 15.4 Å². The first-order valence-corrected chi connectivity index (χ1v) is 7.83. The summed E-state index contributed by atoms with van der Waals surface area (Å²) in [6, 6.07) is 5.57. The molecule has 0 saturated carbocycles. The number of carboxylic acid groups (broad SMARTS) is 1. The van der Waals surface area contributed by atoms with Gasteiger partial charge in [0.1, 0.15) is 5.60 Å². The summed E-state index contributed by atoms with van der Waals surface area (Å²) >= 11 is 3.38. The lowest BCUT2D eigenvalue weighted by Crippen LogP contribution is -2.58. The van der Waals surface area contributed by atoms with Crippen LogP contribution in [0.5, 0.6) is 0 Å². The van der Waals surface area contributed by atoms with Gasteiger partial charge in [0.2, 0.25) is 5.54 Å². The number of benzene rings is 1. The van der Waals surface area contributed by atoms with E-state index < -0.39 is 23.1 Å². The number of aliphatic carboxylic acids is 1. The number of hydrogen-bond donors (Lipinski definition) is 3. The van der Waals surface area contributed by atoms with E-state index in [9.17, 15) is 14.7 Å². The molecule has 0 saturated heterocycles. The molecular weight excluding hydrogens is 364 g/mol. The average Bonchev–Trinajstić information content (AvgIpc) is 2.78. The zero-order valence-electron chi connectivity index (χ0n) is 13.1. The first kappa shape index (κ1) is 17.5. The fourth-order valence-corrected chi connectivity index (χ4v) is 2.56. The van der Waals surface area contributed by atoms with E-state index in [0.29, 0.717) is 5.56 Å². The molecule has 4 N–H and O–H groups in total. The van der Waals surface area contributed by atoms with Crippen LogP contribution < -0.4 is 5.73 Å². The number of nitrogens with two attached hydrogens (primary N) is 1. The molecule has 6 nitrogen and oxygen atoms in total. The van der Waals surface area contributed by atoms with Crippen molar-refractivity contribution >= 4 is 38.8 Å². The Balaban J connectivity index is 2.40. The van der Waals surface area contributed by atoms with E-state index in [-0.39, 0.29) is 6.42 Å². The molecule has 0 aliphatic carbocycles. The number of carboxylic acids is 1. The standard InChI is InChI=1S/C16H19BrN2O4/c1-15(2,3)23-14(22)16(18,13(20)21)7-9-8-19-12-5-4-10(17)6-11(9)12/h4-6,8,19H,7,18H2,1-3H3,(H,20,21)/t16-/m0/s1. The average molecular weight is 383 g/mol. The van der Waals surface area contributed by atoms with Gasteiger partial charge in [-0.25, -0.2) is 9.59 Å². The zero-order valence-corrected chi connectivity index (χ0v) is 14.7. The molecule has 0 radical (unpaired) electrons. The van der Waals surface area contributed by atoms with Crippen LogP contribution in [0.3, 0.4) is 0 Å². The van der Waals surface area contributed by atoms with Crippen molar-refractivity contribution in [3.8, 4) is 0 Å². The van der Waals surface area contributed by atoms with Crippen LogP contribution in [-0.4, -0.2) is 33.2 Å². The lowest BCUT2D eigenvalue weighted by Gasteiger charge is -2.28. The maximum atomic E-state index is 12.3. The maximum Gasteiger partial charge on any atom is 0.338 e. The minimum absolute atomic E-state index is 0.173. The molecule has 0 spiro atoms. The number of halogens is 1. The second-order valence-corrected chi connectivity index (χ2v) is 7.37. The summed E-state index contributed by atoms with van der Waals surface area (Å²) < 4.78 is 6.03. The summed E-state index contributed by atoms with van der Waals surface area (Å²) in [6.45, 7) is 4.99. The first-order valence-electron chi connectivity index (χ1n) is 7.04. The molecule has 0 aliphatic rings. The summed E-state index contributed by atoms with van der Waals surface area (Å²) in [4.78, 5) is 27.0.